The number of fused-ring (bicyclic) bond motifs is 1. The van der Waals surface area contributed by atoms with Crippen LogP contribution < -0.4 is 10.7 Å². The molecule has 8 heteroatoms. The van der Waals surface area contributed by atoms with E-state index in [0.717, 1.165) is 21.3 Å². The second-order valence-electron chi connectivity index (χ2n) is 6.71. The lowest BCUT2D eigenvalue weighted by Crippen LogP contribution is -2.27. The number of carbonyl (C=O) groups is 1. The van der Waals surface area contributed by atoms with Gasteiger partial charge in [0.2, 0.25) is 5.43 Å². The van der Waals surface area contributed by atoms with Crippen LogP contribution in [0.2, 0.25) is 0 Å². The van der Waals surface area contributed by atoms with Gasteiger partial charge in [0.15, 0.2) is 10.8 Å². The highest BCUT2D eigenvalue weighted by Crippen LogP contribution is 2.31. The number of nitrogens with zero attached hydrogens (tertiary/aromatic N) is 3. The smallest absolute Gasteiger partial charge is 0.281 e. The lowest BCUT2D eigenvalue weighted by atomic mass is 10.1. The van der Waals surface area contributed by atoms with Crippen molar-refractivity contribution in [3.8, 4) is 5.69 Å². The average molecular weight is 408 g/mol. The minimum absolute atomic E-state index is 0.158. The summed E-state index contributed by atoms with van der Waals surface area (Å²) < 4.78 is 16.4. The van der Waals surface area contributed by atoms with E-state index in [2.05, 4.69) is 15.4 Å². The van der Waals surface area contributed by atoms with Crippen LogP contribution in [0.3, 0.4) is 0 Å². The highest BCUT2D eigenvalue weighted by atomic mass is 32.1. The molecule has 146 valence electrons. The number of aryl methyl sites for hydroxylation is 3. The largest absolute Gasteiger partial charge is 0.296 e. The Balaban J connectivity index is 1.74. The fourth-order valence-electron chi connectivity index (χ4n) is 3.04. The van der Waals surface area contributed by atoms with Gasteiger partial charge in [-0.25, -0.2) is 14.1 Å². The molecule has 0 saturated heterocycles. The van der Waals surface area contributed by atoms with Crippen LogP contribution in [0.5, 0.6) is 0 Å². The fraction of sp³-hybridized carbons (Fsp3) is 0.143. The Labute approximate surface area is 169 Å². The molecular formula is C21H17FN4O2S. The zero-order valence-electron chi connectivity index (χ0n) is 16.0. The van der Waals surface area contributed by atoms with Crippen LogP contribution in [-0.2, 0) is 0 Å². The SMILES string of the molecule is Cc1ccc(C)c2sc(NC(=O)c3nn(-c4ccccc4F)c(C)cc3=O)nc12. The standard InChI is InChI=1S/C21H17FN4O2S/c1-11-8-9-12(2)19-17(11)23-21(29-19)24-20(28)18-16(27)10-13(3)26(25-18)15-7-5-4-6-14(15)22/h4-10H,1-3H3,(H,23,24,28). The molecule has 0 bridgehead atoms. The minimum Gasteiger partial charge on any atom is -0.296 e. The summed E-state index contributed by atoms with van der Waals surface area (Å²) in [6.45, 7) is 5.55. The number of anilines is 1. The number of hydrogen-bond donors (Lipinski definition) is 1. The zero-order chi connectivity index (χ0) is 20.7. The number of amides is 1. The molecule has 0 fully saturated rings. The van der Waals surface area contributed by atoms with Crippen LogP contribution in [0.15, 0.2) is 47.3 Å². The predicted octanol–water partition coefficient (Wildman–Crippen LogP) is 4.16. The van der Waals surface area contributed by atoms with Gasteiger partial charge in [0.05, 0.1) is 10.2 Å². The van der Waals surface area contributed by atoms with Crippen LogP contribution in [0.4, 0.5) is 9.52 Å². The Morgan fingerprint density at radius 2 is 1.83 bits per heavy atom. The summed E-state index contributed by atoms with van der Waals surface area (Å²) in [5, 5.41) is 7.15. The van der Waals surface area contributed by atoms with Gasteiger partial charge in [0, 0.05) is 11.8 Å². The van der Waals surface area contributed by atoms with Crippen molar-refractivity contribution in [2.45, 2.75) is 20.8 Å². The summed E-state index contributed by atoms with van der Waals surface area (Å²) in [6.07, 6.45) is 0. The molecular weight excluding hydrogens is 391 g/mol. The molecule has 0 spiro atoms. The normalized spacial score (nSPS) is 11.0. The van der Waals surface area contributed by atoms with E-state index in [1.165, 1.54) is 34.2 Å². The number of thiazole rings is 1. The molecule has 29 heavy (non-hydrogen) atoms. The van der Waals surface area contributed by atoms with Crippen LogP contribution >= 0.6 is 11.3 Å². The maximum Gasteiger partial charge on any atom is 0.281 e. The molecule has 6 nitrogen and oxygen atoms in total. The van der Waals surface area contributed by atoms with Gasteiger partial charge >= 0.3 is 0 Å². The Morgan fingerprint density at radius 3 is 2.55 bits per heavy atom. The Morgan fingerprint density at radius 1 is 1.10 bits per heavy atom. The van der Waals surface area contributed by atoms with Gasteiger partial charge in [0.1, 0.15) is 11.5 Å². The maximum absolute atomic E-state index is 14.2. The maximum atomic E-state index is 14.2. The summed E-state index contributed by atoms with van der Waals surface area (Å²) in [5.74, 6) is -1.19. The molecule has 2 aromatic heterocycles. The molecule has 0 aliphatic heterocycles. The van der Waals surface area contributed by atoms with E-state index in [9.17, 15) is 14.0 Å². The van der Waals surface area contributed by atoms with Crippen LogP contribution in [0.25, 0.3) is 15.9 Å². The van der Waals surface area contributed by atoms with Gasteiger partial charge in [-0.2, -0.15) is 5.10 Å². The van der Waals surface area contributed by atoms with E-state index < -0.39 is 17.2 Å². The highest BCUT2D eigenvalue weighted by molar-refractivity contribution is 7.22. The molecule has 0 radical (unpaired) electrons. The third kappa shape index (κ3) is 3.42. The van der Waals surface area contributed by atoms with Crippen molar-refractivity contribution in [2.75, 3.05) is 5.32 Å². The number of nitrogens with one attached hydrogen (secondary N) is 1. The first-order valence-corrected chi connectivity index (χ1v) is 9.71. The monoisotopic (exact) mass is 408 g/mol. The van der Waals surface area contributed by atoms with Gasteiger partial charge < -0.3 is 0 Å². The van der Waals surface area contributed by atoms with Crippen LogP contribution in [-0.4, -0.2) is 20.7 Å². The van der Waals surface area contributed by atoms with Gasteiger partial charge in [-0.05, 0) is 44.0 Å². The molecule has 0 aliphatic rings. The first kappa shape index (κ1) is 18.9. The zero-order valence-corrected chi connectivity index (χ0v) is 16.8. The third-order valence-corrected chi connectivity index (χ3v) is 5.67. The van der Waals surface area contributed by atoms with Crippen molar-refractivity contribution in [1.29, 1.82) is 0 Å². The van der Waals surface area contributed by atoms with Crippen LogP contribution in [0.1, 0.15) is 27.3 Å². The molecule has 0 aliphatic carbocycles. The van der Waals surface area contributed by atoms with E-state index in [1.54, 1.807) is 19.1 Å². The minimum atomic E-state index is -0.686. The summed E-state index contributed by atoms with van der Waals surface area (Å²) in [4.78, 5) is 29.6. The number of hydrogen-bond acceptors (Lipinski definition) is 5. The lowest BCUT2D eigenvalue weighted by molar-refractivity contribution is 0.101. The Kier molecular flexibility index (Phi) is 4.71. The number of aromatic nitrogens is 3. The molecule has 4 aromatic rings. The fourth-order valence-corrected chi connectivity index (χ4v) is 4.05. The molecule has 2 aromatic carbocycles. The molecule has 0 atom stereocenters. The van der Waals surface area contributed by atoms with Crippen molar-refractivity contribution in [3.05, 3.63) is 81.0 Å². The van der Waals surface area contributed by atoms with Gasteiger partial charge in [-0.15, -0.1) is 0 Å². The van der Waals surface area contributed by atoms with E-state index in [0.29, 0.717) is 10.8 Å². The van der Waals surface area contributed by atoms with Crippen molar-refractivity contribution in [1.82, 2.24) is 14.8 Å². The average Bonchev–Trinajstić information content (AvgIpc) is 3.11. The first-order valence-electron chi connectivity index (χ1n) is 8.89. The van der Waals surface area contributed by atoms with E-state index in [1.807, 2.05) is 26.0 Å². The van der Waals surface area contributed by atoms with Gasteiger partial charge in [0.25, 0.3) is 5.91 Å². The summed E-state index contributed by atoms with van der Waals surface area (Å²) in [5.41, 5.74) is 2.57. The molecule has 1 N–H and O–H groups in total. The third-order valence-electron chi connectivity index (χ3n) is 4.57. The predicted molar refractivity (Wildman–Crippen MR) is 112 cm³/mol. The number of halogens is 1. The molecule has 2 heterocycles. The number of carbonyl (C=O) groups excluding carboxylic acids is 1. The summed E-state index contributed by atoms with van der Waals surface area (Å²) in [6, 6.07) is 11.3. The Hall–Kier alpha value is -3.39. The first-order chi connectivity index (χ1) is 13.8. The topological polar surface area (TPSA) is 76.9 Å². The van der Waals surface area contributed by atoms with Crippen molar-refractivity contribution < 1.29 is 9.18 Å². The molecule has 0 saturated carbocycles. The molecule has 0 unspecified atom stereocenters. The summed E-state index contributed by atoms with van der Waals surface area (Å²) >= 11 is 1.33. The molecule has 4 rings (SSSR count). The van der Waals surface area contributed by atoms with Crippen molar-refractivity contribution >= 4 is 32.6 Å². The number of rotatable bonds is 3. The Bertz CT molecular complexity index is 1290. The number of benzene rings is 2. The van der Waals surface area contributed by atoms with E-state index in [4.69, 9.17) is 0 Å². The van der Waals surface area contributed by atoms with Crippen molar-refractivity contribution in [3.63, 3.8) is 0 Å². The van der Waals surface area contributed by atoms with Gasteiger partial charge in [-0.3, -0.25) is 14.9 Å². The quantitative estimate of drug-likeness (QED) is 0.552. The highest BCUT2D eigenvalue weighted by Gasteiger charge is 2.19. The van der Waals surface area contributed by atoms with Crippen LogP contribution in [0, 0.1) is 26.6 Å². The van der Waals surface area contributed by atoms with E-state index >= 15 is 0 Å². The second kappa shape index (κ2) is 7.21. The summed E-state index contributed by atoms with van der Waals surface area (Å²) in [7, 11) is 0. The van der Waals surface area contributed by atoms with Crippen molar-refractivity contribution in [2.24, 2.45) is 0 Å². The van der Waals surface area contributed by atoms with E-state index in [-0.39, 0.29) is 11.4 Å². The molecule has 1 amide bonds. The number of para-hydroxylation sites is 1. The second-order valence-corrected chi connectivity index (χ2v) is 7.71. The lowest BCUT2D eigenvalue weighted by Gasteiger charge is -2.11. The van der Waals surface area contributed by atoms with Gasteiger partial charge in [-0.1, -0.05) is 35.6 Å².